The smallest absolute Gasteiger partial charge is 0.339 e. The van der Waals surface area contributed by atoms with Gasteiger partial charge in [-0.1, -0.05) is 42.0 Å². The van der Waals surface area contributed by atoms with E-state index in [1.54, 1.807) is 24.3 Å². The molecule has 1 aliphatic rings. The minimum atomic E-state index is -3.79. The Morgan fingerprint density at radius 3 is 2.48 bits per heavy atom. The molecular weight excluding hydrogens is 284 g/mol. The van der Waals surface area contributed by atoms with Gasteiger partial charge in [-0.25, -0.2) is 0 Å². The highest BCUT2D eigenvalue weighted by Crippen LogP contribution is 2.30. The van der Waals surface area contributed by atoms with E-state index in [4.69, 9.17) is 4.18 Å². The van der Waals surface area contributed by atoms with Gasteiger partial charge in [0.05, 0.1) is 0 Å². The van der Waals surface area contributed by atoms with E-state index in [-0.39, 0.29) is 4.90 Å². The van der Waals surface area contributed by atoms with Crippen molar-refractivity contribution < 1.29 is 12.6 Å². The van der Waals surface area contributed by atoms with Crippen LogP contribution in [0.5, 0.6) is 0 Å². The SMILES string of the molecule is Cc1ccc(S(=O)(=O)OC2=CCCc3ccccc32)cc1. The molecule has 0 aliphatic heterocycles. The lowest BCUT2D eigenvalue weighted by Crippen LogP contribution is -2.09. The van der Waals surface area contributed by atoms with Crippen LogP contribution in [0.25, 0.3) is 5.76 Å². The Balaban J connectivity index is 1.93. The molecule has 0 atom stereocenters. The van der Waals surface area contributed by atoms with E-state index < -0.39 is 10.1 Å². The average molecular weight is 300 g/mol. The Bertz CT molecular complexity index is 787. The van der Waals surface area contributed by atoms with Crippen LogP contribution in [-0.4, -0.2) is 8.42 Å². The third kappa shape index (κ3) is 2.85. The van der Waals surface area contributed by atoms with Gasteiger partial charge < -0.3 is 4.18 Å². The van der Waals surface area contributed by atoms with Crippen molar-refractivity contribution >= 4 is 15.9 Å². The maximum Gasteiger partial charge on any atom is 0.339 e. The summed E-state index contributed by atoms with van der Waals surface area (Å²) in [6.07, 6.45) is 3.54. The van der Waals surface area contributed by atoms with Gasteiger partial charge in [0.15, 0.2) is 0 Å². The minimum absolute atomic E-state index is 0.178. The van der Waals surface area contributed by atoms with E-state index in [1.165, 1.54) is 0 Å². The maximum atomic E-state index is 12.4. The van der Waals surface area contributed by atoms with Crippen LogP contribution in [0, 0.1) is 6.92 Å². The van der Waals surface area contributed by atoms with Crippen LogP contribution in [0.4, 0.5) is 0 Å². The van der Waals surface area contributed by atoms with Crippen molar-refractivity contribution in [3.63, 3.8) is 0 Å². The van der Waals surface area contributed by atoms with E-state index in [0.717, 1.165) is 29.5 Å². The van der Waals surface area contributed by atoms with Gasteiger partial charge in [0.25, 0.3) is 0 Å². The van der Waals surface area contributed by atoms with Crippen molar-refractivity contribution in [3.8, 4) is 0 Å². The lowest BCUT2D eigenvalue weighted by molar-refractivity contribution is 0.460. The molecule has 0 aromatic heterocycles. The van der Waals surface area contributed by atoms with Crippen LogP contribution in [-0.2, 0) is 20.7 Å². The number of aryl methyl sites for hydroxylation is 2. The quantitative estimate of drug-likeness (QED) is 0.812. The molecule has 2 aromatic carbocycles. The van der Waals surface area contributed by atoms with Crippen LogP contribution < -0.4 is 0 Å². The summed E-state index contributed by atoms with van der Waals surface area (Å²) in [7, 11) is -3.79. The highest BCUT2D eigenvalue weighted by molar-refractivity contribution is 7.87. The highest BCUT2D eigenvalue weighted by atomic mass is 32.2. The molecule has 0 saturated heterocycles. The van der Waals surface area contributed by atoms with Crippen LogP contribution >= 0.6 is 0 Å². The third-order valence-corrected chi connectivity index (χ3v) is 4.78. The summed E-state index contributed by atoms with van der Waals surface area (Å²) < 4.78 is 30.1. The van der Waals surface area contributed by atoms with Crippen LogP contribution in [0.1, 0.15) is 23.1 Å². The van der Waals surface area contributed by atoms with Gasteiger partial charge >= 0.3 is 10.1 Å². The van der Waals surface area contributed by atoms with Crippen molar-refractivity contribution in [2.45, 2.75) is 24.7 Å². The molecule has 0 N–H and O–H groups in total. The Labute approximate surface area is 125 Å². The standard InChI is InChI=1S/C17H16O3S/c1-13-9-11-15(12-10-13)21(18,19)20-17-8-4-6-14-5-2-3-7-16(14)17/h2-3,5,7-12H,4,6H2,1H3. The zero-order valence-electron chi connectivity index (χ0n) is 11.7. The first-order chi connectivity index (χ1) is 10.1. The lowest BCUT2D eigenvalue weighted by Gasteiger charge is -2.17. The van der Waals surface area contributed by atoms with Crippen LogP contribution in [0.2, 0.25) is 0 Å². The van der Waals surface area contributed by atoms with E-state index in [0.29, 0.717) is 5.76 Å². The number of rotatable bonds is 3. The van der Waals surface area contributed by atoms with Crippen LogP contribution in [0.15, 0.2) is 59.5 Å². The molecule has 4 heteroatoms. The van der Waals surface area contributed by atoms with E-state index >= 15 is 0 Å². The number of allylic oxidation sites excluding steroid dienone is 1. The van der Waals surface area contributed by atoms with Crippen molar-refractivity contribution in [1.29, 1.82) is 0 Å². The molecule has 21 heavy (non-hydrogen) atoms. The molecule has 0 bridgehead atoms. The molecule has 0 fully saturated rings. The fourth-order valence-corrected chi connectivity index (χ4v) is 3.36. The van der Waals surface area contributed by atoms with Crippen molar-refractivity contribution in [3.05, 3.63) is 71.3 Å². The summed E-state index contributed by atoms with van der Waals surface area (Å²) in [5.41, 5.74) is 2.99. The topological polar surface area (TPSA) is 43.4 Å². The molecule has 1 aliphatic carbocycles. The van der Waals surface area contributed by atoms with E-state index in [2.05, 4.69) is 0 Å². The summed E-state index contributed by atoms with van der Waals surface area (Å²) in [4.78, 5) is 0.178. The zero-order valence-corrected chi connectivity index (χ0v) is 12.6. The number of benzene rings is 2. The summed E-state index contributed by atoms with van der Waals surface area (Å²) >= 11 is 0. The molecule has 108 valence electrons. The summed E-state index contributed by atoms with van der Waals surface area (Å²) in [5.74, 6) is 0.428. The third-order valence-electron chi connectivity index (χ3n) is 3.54. The fraction of sp³-hybridized carbons (Fsp3) is 0.176. The zero-order chi connectivity index (χ0) is 14.9. The predicted molar refractivity (Wildman–Crippen MR) is 82.2 cm³/mol. The summed E-state index contributed by atoms with van der Waals surface area (Å²) in [6.45, 7) is 1.91. The van der Waals surface area contributed by atoms with E-state index in [9.17, 15) is 8.42 Å². The first-order valence-corrected chi connectivity index (χ1v) is 8.27. The second-order valence-electron chi connectivity index (χ2n) is 5.11. The second-order valence-corrected chi connectivity index (χ2v) is 6.66. The average Bonchev–Trinajstić information content (AvgIpc) is 2.48. The van der Waals surface area contributed by atoms with Gasteiger partial charge in [-0.3, -0.25) is 0 Å². The van der Waals surface area contributed by atoms with Gasteiger partial charge in [0.1, 0.15) is 10.7 Å². The van der Waals surface area contributed by atoms with Gasteiger partial charge in [-0.15, -0.1) is 0 Å². The minimum Gasteiger partial charge on any atom is -0.379 e. The molecule has 2 aromatic rings. The molecule has 3 rings (SSSR count). The molecule has 0 spiro atoms. The summed E-state index contributed by atoms with van der Waals surface area (Å²) in [5, 5.41) is 0. The van der Waals surface area contributed by atoms with Crippen LogP contribution in [0.3, 0.4) is 0 Å². The van der Waals surface area contributed by atoms with Gasteiger partial charge in [-0.05, 0) is 43.5 Å². The molecule has 0 radical (unpaired) electrons. The Hall–Kier alpha value is -2.07. The molecule has 0 amide bonds. The number of fused-ring (bicyclic) bond motifs is 1. The Kier molecular flexibility index (Phi) is 3.55. The first kappa shape index (κ1) is 13.9. The first-order valence-electron chi connectivity index (χ1n) is 6.86. The predicted octanol–water partition coefficient (Wildman–Crippen LogP) is 3.69. The number of hydrogen-bond acceptors (Lipinski definition) is 3. The molecule has 0 saturated carbocycles. The molecular formula is C17H16O3S. The monoisotopic (exact) mass is 300 g/mol. The molecule has 0 heterocycles. The summed E-state index contributed by atoms with van der Waals surface area (Å²) in [6, 6.07) is 14.4. The van der Waals surface area contributed by atoms with Gasteiger partial charge in [0, 0.05) is 5.56 Å². The Morgan fingerprint density at radius 1 is 1.00 bits per heavy atom. The fourth-order valence-electron chi connectivity index (χ4n) is 2.40. The van der Waals surface area contributed by atoms with Crippen molar-refractivity contribution in [1.82, 2.24) is 0 Å². The largest absolute Gasteiger partial charge is 0.379 e. The van der Waals surface area contributed by atoms with Gasteiger partial charge in [-0.2, -0.15) is 8.42 Å². The molecule has 0 unspecified atom stereocenters. The molecule has 3 nitrogen and oxygen atoms in total. The van der Waals surface area contributed by atoms with E-state index in [1.807, 2.05) is 37.3 Å². The normalized spacial score (nSPS) is 14.2. The highest BCUT2D eigenvalue weighted by Gasteiger charge is 2.21. The second kappa shape index (κ2) is 5.37. The lowest BCUT2D eigenvalue weighted by atomic mass is 9.96. The maximum absolute atomic E-state index is 12.4. The number of hydrogen-bond donors (Lipinski definition) is 0. The van der Waals surface area contributed by atoms with Crippen molar-refractivity contribution in [2.75, 3.05) is 0 Å². The Morgan fingerprint density at radius 2 is 1.71 bits per heavy atom. The van der Waals surface area contributed by atoms with Gasteiger partial charge in [0.2, 0.25) is 0 Å². The van der Waals surface area contributed by atoms with Crippen molar-refractivity contribution in [2.24, 2.45) is 0 Å².